The monoisotopic (exact) mass is 168 g/mol. The van der Waals surface area contributed by atoms with E-state index in [1.807, 2.05) is 0 Å². The smallest absolute Gasteiger partial charge is 0.179 e. The maximum atomic E-state index is 9.75. The molecule has 0 aliphatic carbocycles. The maximum absolute atomic E-state index is 9.75. The van der Waals surface area contributed by atoms with Gasteiger partial charge in [-0.1, -0.05) is 19.8 Å². The highest BCUT2D eigenvalue weighted by Gasteiger charge is 1.82. The number of rotatable bonds is 5. The second kappa shape index (κ2) is 15.9. The van der Waals surface area contributed by atoms with Gasteiger partial charge in [-0.15, -0.1) is 0 Å². The lowest BCUT2D eigenvalue weighted by Crippen LogP contribution is -1.81. The molecule has 0 rings (SSSR count). The van der Waals surface area contributed by atoms with Crippen LogP contribution in [0.15, 0.2) is 0 Å². The van der Waals surface area contributed by atoms with Gasteiger partial charge in [-0.05, 0) is 6.42 Å². The Morgan fingerprint density at radius 3 is 2.30 bits per heavy atom. The van der Waals surface area contributed by atoms with Crippen molar-refractivity contribution in [3.8, 4) is 0 Å². The van der Waals surface area contributed by atoms with Gasteiger partial charge in [0, 0.05) is 9.93 Å². The Bertz CT molecular complexity index is 68.7. The first-order valence-electron chi connectivity index (χ1n) is 3.13. The van der Waals surface area contributed by atoms with Gasteiger partial charge >= 0.3 is 0 Å². The zero-order valence-electron chi connectivity index (χ0n) is 6.04. The van der Waals surface area contributed by atoms with E-state index in [9.17, 15) is 4.57 Å². The molecule has 62 valence electrons. The summed E-state index contributed by atoms with van der Waals surface area (Å²) in [6.45, 7) is 2.80. The minimum atomic E-state index is -0.972. The van der Waals surface area contributed by atoms with Crippen molar-refractivity contribution in [3.63, 3.8) is 0 Å². The summed E-state index contributed by atoms with van der Waals surface area (Å²) < 4.78 is 14.4. The molecule has 0 amide bonds. The lowest BCUT2D eigenvalue weighted by atomic mass is 10.3. The molecule has 0 saturated heterocycles. The highest BCUT2D eigenvalue weighted by atomic mass is 31.1. The van der Waals surface area contributed by atoms with Gasteiger partial charge in [0.05, 0.1) is 6.61 Å². The van der Waals surface area contributed by atoms with Crippen LogP contribution < -0.4 is 0 Å². The summed E-state index contributed by atoms with van der Waals surface area (Å²) in [7, 11) is -0.972. The van der Waals surface area contributed by atoms with E-state index < -0.39 is 8.69 Å². The van der Waals surface area contributed by atoms with Crippen molar-refractivity contribution in [1.29, 1.82) is 0 Å². The van der Waals surface area contributed by atoms with Gasteiger partial charge in [0.15, 0.2) is 8.69 Å². The van der Waals surface area contributed by atoms with Crippen LogP contribution in [0.1, 0.15) is 26.2 Å². The molecule has 0 heterocycles. The van der Waals surface area contributed by atoms with E-state index in [0.29, 0.717) is 6.61 Å². The van der Waals surface area contributed by atoms with Gasteiger partial charge in [0.2, 0.25) is 0 Å². The SMILES string of the molecule is CCCCCO[PH2]=O.O=O. The molecule has 0 N–H and O–H groups in total. The summed E-state index contributed by atoms with van der Waals surface area (Å²) in [5.41, 5.74) is 0. The first-order valence-corrected chi connectivity index (χ1v) is 4.08. The van der Waals surface area contributed by atoms with Crippen molar-refractivity contribution in [1.82, 2.24) is 0 Å². The van der Waals surface area contributed by atoms with Crippen LogP contribution in [0.3, 0.4) is 0 Å². The summed E-state index contributed by atoms with van der Waals surface area (Å²) in [5, 5.41) is 0. The Balaban J connectivity index is 0. The second-order valence-electron chi connectivity index (χ2n) is 1.67. The van der Waals surface area contributed by atoms with Crippen molar-refractivity contribution in [3.05, 3.63) is 9.93 Å². The summed E-state index contributed by atoms with van der Waals surface area (Å²) in [6.07, 6.45) is 3.42. The first kappa shape index (κ1) is 12.5. The van der Waals surface area contributed by atoms with Crippen LogP contribution in [0.2, 0.25) is 0 Å². The predicted octanol–water partition coefficient (Wildman–Crippen LogP) is 1.93. The van der Waals surface area contributed by atoms with Crippen LogP contribution in [-0.2, 0) is 9.09 Å². The van der Waals surface area contributed by atoms with Crippen molar-refractivity contribution in [2.75, 3.05) is 6.61 Å². The Morgan fingerprint density at radius 2 is 1.90 bits per heavy atom. The Morgan fingerprint density at radius 1 is 1.30 bits per heavy atom. The zero-order chi connectivity index (χ0) is 8.24. The van der Waals surface area contributed by atoms with Gasteiger partial charge < -0.3 is 4.52 Å². The van der Waals surface area contributed by atoms with E-state index in [1.165, 1.54) is 12.8 Å². The molecule has 0 aromatic carbocycles. The standard InChI is InChI=1S/C5H13O2P.O2/c1-2-3-4-5-7-8-6;1-2/h2-5,8H2,1H3;. The average Bonchev–Trinajstić information content (AvgIpc) is 2.02. The van der Waals surface area contributed by atoms with Crippen molar-refractivity contribution in [2.45, 2.75) is 26.2 Å². The van der Waals surface area contributed by atoms with Crippen molar-refractivity contribution >= 4 is 8.69 Å². The fourth-order valence-electron chi connectivity index (χ4n) is 0.484. The molecular formula is C5H13O4P. The molecule has 0 radical (unpaired) electrons. The van der Waals surface area contributed by atoms with Crippen LogP contribution in [0.5, 0.6) is 0 Å². The van der Waals surface area contributed by atoms with Crippen molar-refractivity contribution < 1.29 is 9.09 Å². The molecule has 0 fully saturated rings. The number of hydrogen-bond acceptors (Lipinski definition) is 4. The van der Waals surface area contributed by atoms with Gasteiger partial charge in [0.1, 0.15) is 0 Å². The summed E-state index contributed by atoms with van der Waals surface area (Å²) in [6, 6.07) is 0. The van der Waals surface area contributed by atoms with E-state index >= 15 is 0 Å². The largest absolute Gasteiger partial charge is 0.332 e. The lowest BCUT2D eigenvalue weighted by Gasteiger charge is -1.92. The summed E-state index contributed by atoms with van der Waals surface area (Å²) in [5.74, 6) is 0. The third-order valence-electron chi connectivity index (χ3n) is 0.934. The molecule has 0 aromatic rings. The van der Waals surface area contributed by atoms with Crippen LogP contribution in [0.25, 0.3) is 0 Å². The lowest BCUT2D eigenvalue weighted by molar-refractivity contribution is 0.330. The molecule has 5 heteroatoms. The molecule has 0 saturated carbocycles. The van der Waals surface area contributed by atoms with E-state index in [-0.39, 0.29) is 0 Å². The molecule has 1 atom stereocenters. The minimum absolute atomic E-state index is 0.673. The molecular weight excluding hydrogens is 155 g/mol. The van der Waals surface area contributed by atoms with E-state index in [2.05, 4.69) is 11.4 Å². The topological polar surface area (TPSA) is 60.4 Å². The van der Waals surface area contributed by atoms with Crippen LogP contribution >= 0.6 is 8.69 Å². The van der Waals surface area contributed by atoms with Gasteiger partial charge in [0.25, 0.3) is 0 Å². The summed E-state index contributed by atoms with van der Waals surface area (Å²) in [4.78, 5) is 14.0. The van der Waals surface area contributed by atoms with Crippen molar-refractivity contribution in [2.24, 2.45) is 0 Å². The Kier molecular flexibility index (Phi) is 19.8. The Hall–Kier alpha value is -0.210. The number of unbranched alkanes of at least 4 members (excludes halogenated alkanes) is 2. The first-order chi connectivity index (χ1) is 4.91. The maximum Gasteiger partial charge on any atom is 0.179 e. The van der Waals surface area contributed by atoms with Gasteiger partial charge in [-0.25, -0.2) is 0 Å². The molecule has 4 nitrogen and oxygen atoms in total. The van der Waals surface area contributed by atoms with Gasteiger partial charge in [-0.3, -0.25) is 4.57 Å². The quantitative estimate of drug-likeness (QED) is 0.464. The predicted molar refractivity (Wildman–Crippen MR) is 42.6 cm³/mol. The minimum Gasteiger partial charge on any atom is -0.332 e. The third kappa shape index (κ3) is 15.7. The van der Waals surface area contributed by atoms with E-state index in [1.54, 1.807) is 0 Å². The fraction of sp³-hybridized carbons (Fsp3) is 1.00. The van der Waals surface area contributed by atoms with Gasteiger partial charge in [-0.2, -0.15) is 0 Å². The Labute approximate surface area is 61.5 Å². The molecule has 0 aliphatic heterocycles. The molecule has 0 bridgehead atoms. The summed E-state index contributed by atoms with van der Waals surface area (Å²) >= 11 is 0. The highest BCUT2D eigenvalue weighted by molar-refractivity contribution is 7.17. The van der Waals surface area contributed by atoms with Crippen LogP contribution in [0, 0.1) is 9.93 Å². The van der Waals surface area contributed by atoms with Crippen LogP contribution in [-0.4, -0.2) is 6.61 Å². The highest BCUT2D eigenvalue weighted by Crippen LogP contribution is 1.99. The zero-order valence-corrected chi connectivity index (χ0v) is 7.19. The van der Waals surface area contributed by atoms with E-state index in [0.717, 1.165) is 6.42 Å². The number of hydrogen-bond donors (Lipinski definition) is 0. The average molecular weight is 168 g/mol. The second-order valence-corrected chi connectivity index (χ2v) is 2.20. The van der Waals surface area contributed by atoms with E-state index in [4.69, 9.17) is 9.93 Å². The fourth-order valence-corrected chi connectivity index (χ4v) is 0.746. The molecule has 0 aliphatic rings. The molecule has 10 heavy (non-hydrogen) atoms. The molecule has 0 aromatic heterocycles. The molecule has 0 spiro atoms. The molecule has 1 unspecified atom stereocenters. The third-order valence-corrected chi connectivity index (χ3v) is 1.31. The van der Waals surface area contributed by atoms with Crippen LogP contribution in [0.4, 0.5) is 0 Å². The normalized spacial score (nSPS) is 9.30.